The van der Waals surface area contributed by atoms with Gasteiger partial charge in [0.15, 0.2) is 0 Å². The molecule has 0 bridgehead atoms. The van der Waals surface area contributed by atoms with Crippen molar-refractivity contribution in [2.45, 2.75) is 32.7 Å². The molecule has 0 amide bonds. The van der Waals surface area contributed by atoms with Gasteiger partial charge < -0.3 is 10.6 Å². The molecule has 1 saturated heterocycles. The van der Waals surface area contributed by atoms with E-state index in [1.807, 2.05) is 6.20 Å². The van der Waals surface area contributed by atoms with E-state index < -0.39 is 0 Å². The lowest BCUT2D eigenvalue weighted by Crippen LogP contribution is -2.13. The van der Waals surface area contributed by atoms with E-state index >= 15 is 0 Å². The van der Waals surface area contributed by atoms with E-state index in [4.69, 9.17) is 0 Å². The fourth-order valence-corrected chi connectivity index (χ4v) is 1.99. The van der Waals surface area contributed by atoms with Gasteiger partial charge in [0.2, 0.25) is 0 Å². The van der Waals surface area contributed by atoms with Gasteiger partial charge in [0.1, 0.15) is 5.82 Å². The zero-order valence-electron chi connectivity index (χ0n) is 10.2. The number of hydrogen-bond donors (Lipinski definition) is 2. The fourth-order valence-electron chi connectivity index (χ4n) is 1.99. The molecule has 0 unspecified atom stereocenters. The van der Waals surface area contributed by atoms with E-state index in [0.29, 0.717) is 12.0 Å². The lowest BCUT2D eigenvalue weighted by Gasteiger charge is -2.12. The minimum atomic E-state index is 0.520. The Kier molecular flexibility index (Phi) is 3.78. The van der Waals surface area contributed by atoms with Crippen LogP contribution in [-0.4, -0.2) is 18.1 Å². The van der Waals surface area contributed by atoms with Crippen LogP contribution in [0.15, 0.2) is 18.3 Å². The van der Waals surface area contributed by atoms with Crippen LogP contribution in [0.25, 0.3) is 0 Å². The number of aromatic nitrogens is 1. The van der Waals surface area contributed by atoms with Crippen LogP contribution in [-0.2, 0) is 0 Å². The highest BCUT2D eigenvalue weighted by Gasteiger charge is 2.15. The van der Waals surface area contributed by atoms with Gasteiger partial charge in [-0.1, -0.05) is 19.9 Å². The maximum Gasteiger partial charge on any atom is 0.125 e. The predicted octanol–water partition coefficient (Wildman–Crippen LogP) is 2.57. The average Bonchev–Trinajstić information content (AvgIpc) is 2.80. The predicted molar refractivity (Wildman–Crippen MR) is 67.5 cm³/mol. The van der Waals surface area contributed by atoms with Crippen LogP contribution in [0.1, 0.15) is 38.3 Å². The minimum absolute atomic E-state index is 0.520. The molecule has 0 aromatic carbocycles. The summed E-state index contributed by atoms with van der Waals surface area (Å²) in [6.07, 6.45) is 4.50. The van der Waals surface area contributed by atoms with Crippen molar-refractivity contribution in [2.24, 2.45) is 5.92 Å². The van der Waals surface area contributed by atoms with Crippen molar-refractivity contribution in [3.8, 4) is 0 Å². The highest BCUT2D eigenvalue weighted by Crippen LogP contribution is 2.22. The highest BCUT2D eigenvalue weighted by atomic mass is 15.0. The van der Waals surface area contributed by atoms with Crippen molar-refractivity contribution < 1.29 is 0 Å². The van der Waals surface area contributed by atoms with Crippen molar-refractivity contribution in [3.05, 3.63) is 23.9 Å². The second-order valence-electron chi connectivity index (χ2n) is 4.90. The van der Waals surface area contributed by atoms with Crippen LogP contribution in [0, 0.1) is 5.92 Å². The Morgan fingerprint density at radius 2 is 2.38 bits per heavy atom. The molecule has 1 aliphatic rings. The van der Waals surface area contributed by atoms with Crippen LogP contribution in [0.5, 0.6) is 0 Å². The van der Waals surface area contributed by atoms with Crippen LogP contribution < -0.4 is 10.6 Å². The summed E-state index contributed by atoms with van der Waals surface area (Å²) >= 11 is 0. The lowest BCUT2D eigenvalue weighted by atomic mass is 10.1. The molecule has 1 atom stereocenters. The summed E-state index contributed by atoms with van der Waals surface area (Å²) in [7, 11) is 0. The Morgan fingerprint density at radius 1 is 1.50 bits per heavy atom. The molecule has 0 spiro atoms. The van der Waals surface area contributed by atoms with Crippen LogP contribution in [0.2, 0.25) is 0 Å². The van der Waals surface area contributed by atoms with Gasteiger partial charge in [0.25, 0.3) is 0 Å². The number of pyridine rings is 1. The van der Waals surface area contributed by atoms with E-state index in [9.17, 15) is 0 Å². The van der Waals surface area contributed by atoms with Crippen molar-refractivity contribution in [3.63, 3.8) is 0 Å². The molecule has 0 aliphatic carbocycles. The Balaban J connectivity index is 1.93. The van der Waals surface area contributed by atoms with Crippen molar-refractivity contribution in [1.82, 2.24) is 10.3 Å². The number of nitrogens with zero attached hydrogens (tertiary/aromatic N) is 1. The van der Waals surface area contributed by atoms with E-state index in [2.05, 4.69) is 41.6 Å². The summed E-state index contributed by atoms with van der Waals surface area (Å²) in [5, 5.41) is 6.81. The van der Waals surface area contributed by atoms with Gasteiger partial charge in [-0.2, -0.15) is 0 Å². The molecule has 2 heterocycles. The van der Waals surface area contributed by atoms with E-state index in [0.717, 1.165) is 18.9 Å². The smallest absolute Gasteiger partial charge is 0.125 e. The molecule has 1 aromatic heterocycles. The maximum absolute atomic E-state index is 4.44. The third-order valence-corrected chi connectivity index (χ3v) is 2.94. The first-order valence-electron chi connectivity index (χ1n) is 6.19. The summed E-state index contributed by atoms with van der Waals surface area (Å²) < 4.78 is 0. The highest BCUT2D eigenvalue weighted by molar-refractivity contribution is 5.36. The van der Waals surface area contributed by atoms with E-state index in [1.54, 1.807) is 0 Å². The third kappa shape index (κ3) is 2.95. The fraction of sp³-hybridized carbons (Fsp3) is 0.615. The molecule has 2 rings (SSSR count). The maximum atomic E-state index is 4.44. The van der Waals surface area contributed by atoms with Gasteiger partial charge >= 0.3 is 0 Å². The largest absolute Gasteiger partial charge is 0.370 e. The Hall–Kier alpha value is -1.09. The quantitative estimate of drug-likeness (QED) is 0.817. The van der Waals surface area contributed by atoms with E-state index in [1.165, 1.54) is 18.4 Å². The molecule has 0 saturated carbocycles. The summed E-state index contributed by atoms with van der Waals surface area (Å²) in [5.74, 6) is 1.63. The molecule has 1 fully saturated rings. The van der Waals surface area contributed by atoms with Gasteiger partial charge in [-0.3, -0.25) is 0 Å². The molecule has 3 heteroatoms. The zero-order chi connectivity index (χ0) is 11.4. The lowest BCUT2D eigenvalue weighted by molar-refractivity contribution is 0.644. The molecule has 2 N–H and O–H groups in total. The molecule has 0 radical (unpaired) electrons. The Bertz CT molecular complexity index is 312. The first kappa shape index (κ1) is 11.4. The Labute approximate surface area is 97.7 Å². The van der Waals surface area contributed by atoms with Crippen molar-refractivity contribution in [1.29, 1.82) is 0 Å². The Morgan fingerprint density at radius 3 is 2.94 bits per heavy atom. The summed E-state index contributed by atoms with van der Waals surface area (Å²) in [4.78, 5) is 4.44. The molecular weight excluding hydrogens is 198 g/mol. The molecular formula is C13H21N3. The second-order valence-corrected chi connectivity index (χ2v) is 4.90. The van der Waals surface area contributed by atoms with Gasteiger partial charge in [0, 0.05) is 18.8 Å². The van der Waals surface area contributed by atoms with Gasteiger partial charge in [-0.05, 0) is 36.9 Å². The first-order chi connectivity index (χ1) is 7.75. The van der Waals surface area contributed by atoms with Crippen molar-refractivity contribution >= 4 is 5.82 Å². The zero-order valence-corrected chi connectivity index (χ0v) is 10.2. The minimum Gasteiger partial charge on any atom is -0.370 e. The number of nitrogens with one attached hydrogen (secondary N) is 2. The summed E-state index contributed by atoms with van der Waals surface area (Å²) in [6.45, 7) is 6.51. The van der Waals surface area contributed by atoms with Crippen molar-refractivity contribution in [2.75, 3.05) is 18.4 Å². The average molecular weight is 219 g/mol. The summed E-state index contributed by atoms with van der Waals surface area (Å²) in [5.41, 5.74) is 1.31. The molecule has 1 aliphatic heterocycles. The number of hydrogen-bond acceptors (Lipinski definition) is 3. The molecule has 3 nitrogen and oxygen atoms in total. The second kappa shape index (κ2) is 5.30. The first-order valence-corrected chi connectivity index (χ1v) is 6.19. The standard InChI is InChI=1S/C13H21N3/c1-10(2)8-15-13-6-5-11(9-16-13)12-4-3-7-14-12/h5-6,9-10,12,14H,3-4,7-8H2,1-2H3,(H,15,16)/t12-/m1/s1. The number of rotatable bonds is 4. The van der Waals surface area contributed by atoms with Crippen LogP contribution in [0.4, 0.5) is 5.82 Å². The topological polar surface area (TPSA) is 37.0 Å². The summed E-state index contributed by atoms with van der Waals surface area (Å²) in [6, 6.07) is 4.78. The molecule has 88 valence electrons. The van der Waals surface area contributed by atoms with Crippen LogP contribution in [0.3, 0.4) is 0 Å². The van der Waals surface area contributed by atoms with Gasteiger partial charge in [-0.25, -0.2) is 4.98 Å². The number of anilines is 1. The monoisotopic (exact) mass is 219 g/mol. The van der Waals surface area contributed by atoms with Crippen LogP contribution >= 0.6 is 0 Å². The normalized spacial score (nSPS) is 20.3. The third-order valence-electron chi connectivity index (χ3n) is 2.94. The molecule has 1 aromatic rings. The van der Waals surface area contributed by atoms with E-state index in [-0.39, 0.29) is 0 Å². The van der Waals surface area contributed by atoms with Gasteiger partial charge in [0.05, 0.1) is 0 Å². The SMILES string of the molecule is CC(C)CNc1ccc([C@H]2CCCN2)cn1. The molecule has 16 heavy (non-hydrogen) atoms. The van der Waals surface area contributed by atoms with Gasteiger partial charge in [-0.15, -0.1) is 0 Å².